The quantitative estimate of drug-likeness (QED) is 0.675. The Hall–Kier alpha value is -2.47. The van der Waals surface area contributed by atoms with Gasteiger partial charge in [-0.15, -0.1) is 0 Å². The Morgan fingerprint density at radius 1 is 1.14 bits per heavy atom. The summed E-state index contributed by atoms with van der Waals surface area (Å²) < 4.78 is 60.1. The number of morpholine rings is 1. The van der Waals surface area contributed by atoms with Crippen LogP contribution in [0.3, 0.4) is 0 Å². The zero-order chi connectivity index (χ0) is 20.6. The second kappa shape index (κ2) is 7.75. The number of carbonyl (C=O) groups excluding carboxylic acids is 1. The molecule has 1 N–H and O–H groups in total. The smallest absolute Gasteiger partial charge is 0.263 e. The molecule has 0 atom stereocenters. The molecule has 29 heavy (non-hydrogen) atoms. The number of sulfonamides is 1. The fourth-order valence-electron chi connectivity index (χ4n) is 2.93. The zero-order valence-corrected chi connectivity index (χ0v) is 16.5. The predicted molar refractivity (Wildman–Crippen MR) is 104 cm³/mol. The maximum atomic E-state index is 13.8. The average Bonchev–Trinajstić information content (AvgIpc) is 3.10. The highest BCUT2D eigenvalue weighted by Crippen LogP contribution is 2.30. The third-order valence-electron chi connectivity index (χ3n) is 4.38. The van der Waals surface area contributed by atoms with Crippen molar-refractivity contribution in [2.75, 3.05) is 31.6 Å². The number of hydrogen-bond donors (Lipinski definition) is 1. The van der Waals surface area contributed by atoms with E-state index in [2.05, 4.69) is 10.3 Å². The second-order valence-corrected chi connectivity index (χ2v) is 9.18. The number of ether oxygens (including phenoxy) is 1. The third-order valence-corrected chi connectivity index (χ3v) is 7.21. The number of thiazole rings is 1. The van der Waals surface area contributed by atoms with Gasteiger partial charge in [0.15, 0.2) is 5.13 Å². The van der Waals surface area contributed by atoms with Crippen molar-refractivity contribution in [3.63, 3.8) is 0 Å². The summed E-state index contributed by atoms with van der Waals surface area (Å²) >= 11 is 1.01. The van der Waals surface area contributed by atoms with Crippen LogP contribution in [0.15, 0.2) is 41.3 Å². The Bertz CT molecular complexity index is 1170. The van der Waals surface area contributed by atoms with Crippen LogP contribution in [0.1, 0.15) is 10.4 Å². The molecule has 7 nitrogen and oxygen atoms in total. The van der Waals surface area contributed by atoms with Crippen LogP contribution in [0, 0.1) is 11.6 Å². The zero-order valence-electron chi connectivity index (χ0n) is 14.9. The van der Waals surface area contributed by atoms with Crippen LogP contribution in [0.25, 0.3) is 10.2 Å². The van der Waals surface area contributed by atoms with Gasteiger partial charge in [0.1, 0.15) is 17.2 Å². The topological polar surface area (TPSA) is 88.6 Å². The molecule has 0 spiro atoms. The first-order valence-electron chi connectivity index (χ1n) is 8.60. The lowest BCUT2D eigenvalue weighted by Gasteiger charge is -2.25. The van der Waals surface area contributed by atoms with Gasteiger partial charge in [-0.05, 0) is 30.3 Å². The first-order valence-corrected chi connectivity index (χ1v) is 10.9. The van der Waals surface area contributed by atoms with Crippen LogP contribution >= 0.6 is 11.3 Å². The molecule has 3 aromatic rings. The van der Waals surface area contributed by atoms with Crippen molar-refractivity contribution in [1.29, 1.82) is 0 Å². The lowest BCUT2D eigenvalue weighted by molar-refractivity contribution is 0.0730. The summed E-state index contributed by atoms with van der Waals surface area (Å²) in [5, 5.41) is 2.47. The largest absolute Gasteiger partial charge is 0.379 e. The Morgan fingerprint density at radius 2 is 1.83 bits per heavy atom. The van der Waals surface area contributed by atoms with E-state index in [9.17, 15) is 22.0 Å². The maximum absolute atomic E-state index is 13.8. The SMILES string of the molecule is O=C(Nc1nc2ccc(S(=O)(=O)N3CCOCC3)cc2s1)c1c(F)cccc1F. The van der Waals surface area contributed by atoms with Crippen molar-refractivity contribution in [3.05, 3.63) is 53.6 Å². The number of fused-ring (bicyclic) bond motifs is 1. The highest BCUT2D eigenvalue weighted by Gasteiger charge is 2.27. The van der Waals surface area contributed by atoms with Crippen molar-refractivity contribution < 1.29 is 26.7 Å². The molecule has 2 heterocycles. The fraction of sp³-hybridized carbons (Fsp3) is 0.222. The summed E-state index contributed by atoms with van der Waals surface area (Å²) in [7, 11) is -3.68. The summed E-state index contributed by atoms with van der Waals surface area (Å²) in [6.07, 6.45) is 0. The molecule has 1 saturated heterocycles. The van der Waals surface area contributed by atoms with Gasteiger partial charge in [-0.3, -0.25) is 10.1 Å². The third kappa shape index (κ3) is 3.86. The van der Waals surface area contributed by atoms with E-state index in [0.717, 1.165) is 29.5 Å². The number of aromatic nitrogens is 1. The average molecular weight is 439 g/mol. The van der Waals surface area contributed by atoms with Gasteiger partial charge in [-0.25, -0.2) is 22.2 Å². The molecular formula is C18H15F2N3O4S2. The monoisotopic (exact) mass is 439 g/mol. The molecule has 11 heteroatoms. The molecule has 4 rings (SSSR count). The minimum Gasteiger partial charge on any atom is -0.379 e. The normalized spacial score (nSPS) is 15.5. The van der Waals surface area contributed by atoms with Crippen molar-refractivity contribution in [2.45, 2.75) is 4.90 Å². The van der Waals surface area contributed by atoms with Gasteiger partial charge >= 0.3 is 0 Å². The van der Waals surface area contributed by atoms with Crippen molar-refractivity contribution in [1.82, 2.24) is 9.29 Å². The van der Waals surface area contributed by atoms with E-state index in [4.69, 9.17) is 4.74 Å². The van der Waals surface area contributed by atoms with E-state index in [-0.39, 0.29) is 23.1 Å². The molecule has 0 unspecified atom stereocenters. The van der Waals surface area contributed by atoms with Crippen LogP contribution in [-0.2, 0) is 14.8 Å². The number of benzene rings is 2. The van der Waals surface area contributed by atoms with E-state index in [1.54, 1.807) is 0 Å². The van der Waals surface area contributed by atoms with Gasteiger partial charge in [-0.2, -0.15) is 4.31 Å². The molecule has 0 saturated carbocycles. The molecule has 0 aliphatic carbocycles. The number of rotatable bonds is 4. The lowest BCUT2D eigenvalue weighted by atomic mass is 10.2. The summed E-state index contributed by atoms with van der Waals surface area (Å²) in [6, 6.07) is 7.57. The van der Waals surface area contributed by atoms with E-state index in [0.29, 0.717) is 23.4 Å². The van der Waals surface area contributed by atoms with Crippen LogP contribution in [0.4, 0.5) is 13.9 Å². The van der Waals surface area contributed by atoms with Crippen molar-refractivity contribution >= 4 is 42.6 Å². The summed E-state index contributed by atoms with van der Waals surface area (Å²) in [5.41, 5.74) is -0.248. The van der Waals surface area contributed by atoms with Gasteiger partial charge < -0.3 is 4.74 Å². The first kappa shape index (κ1) is 19.8. The molecule has 2 aromatic carbocycles. The molecular weight excluding hydrogens is 424 g/mol. The summed E-state index contributed by atoms with van der Waals surface area (Å²) in [4.78, 5) is 16.5. The van der Waals surface area contributed by atoms with Gasteiger partial charge in [0.05, 0.1) is 28.3 Å². The molecule has 152 valence electrons. The Labute approximate surface area is 169 Å². The number of hydrogen-bond acceptors (Lipinski definition) is 6. The molecule has 0 radical (unpaired) electrons. The van der Waals surface area contributed by atoms with Crippen LogP contribution in [0.5, 0.6) is 0 Å². The number of nitrogens with one attached hydrogen (secondary N) is 1. The number of nitrogens with zero attached hydrogens (tertiary/aromatic N) is 2. The summed E-state index contributed by atoms with van der Waals surface area (Å²) in [6.45, 7) is 1.23. The number of carbonyl (C=O) groups is 1. The number of anilines is 1. The fourth-order valence-corrected chi connectivity index (χ4v) is 5.34. The Kier molecular flexibility index (Phi) is 5.30. The van der Waals surface area contributed by atoms with Crippen LogP contribution < -0.4 is 5.32 Å². The predicted octanol–water partition coefficient (Wildman–Crippen LogP) is 2.85. The van der Waals surface area contributed by atoms with E-state index in [1.807, 2.05) is 0 Å². The minimum atomic E-state index is -3.68. The van der Waals surface area contributed by atoms with E-state index >= 15 is 0 Å². The molecule has 1 aliphatic heterocycles. The maximum Gasteiger partial charge on any atom is 0.263 e. The molecule has 1 aliphatic rings. The van der Waals surface area contributed by atoms with Crippen LogP contribution in [-0.4, -0.2) is 49.9 Å². The van der Waals surface area contributed by atoms with Gasteiger partial charge in [0, 0.05) is 13.1 Å². The molecule has 0 bridgehead atoms. The van der Waals surface area contributed by atoms with E-state index < -0.39 is 33.1 Å². The molecule has 1 aromatic heterocycles. The standard InChI is InChI=1S/C18H15F2N3O4S2/c19-12-2-1-3-13(20)16(12)17(24)22-18-21-14-5-4-11(10-15(14)28-18)29(25,26)23-6-8-27-9-7-23/h1-5,10H,6-9H2,(H,21,22,24). The van der Waals surface area contributed by atoms with Crippen molar-refractivity contribution in [2.24, 2.45) is 0 Å². The second-order valence-electron chi connectivity index (χ2n) is 6.22. The highest BCUT2D eigenvalue weighted by atomic mass is 32.2. The Balaban J connectivity index is 1.61. The molecule has 1 fully saturated rings. The van der Waals surface area contributed by atoms with Crippen molar-refractivity contribution in [3.8, 4) is 0 Å². The first-order chi connectivity index (χ1) is 13.9. The number of amides is 1. The van der Waals surface area contributed by atoms with E-state index in [1.165, 1.54) is 22.5 Å². The van der Waals surface area contributed by atoms with Gasteiger partial charge in [0.2, 0.25) is 10.0 Å². The lowest BCUT2D eigenvalue weighted by Crippen LogP contribution is -2.40. The Morgan fingerprint density at radius 3 is 2.52 bits per heavy atom. The van der Waals surface area contributed by atoms with Gasteiger partial charge in [-0.1, -0.05) is 17.4 Å². The molecule has 1 amide bonds. The van der Waals surface area contributed by atoms with Gasteiger partial charge in [0.25, 0.3) is 5.91 Å². The summed E-state index contributed by atoms with van der Waals surface area (Å²) in [5.74, 6) is -2.94. The van der Waals surface area contributed by atoms with Crippen LogP contribution in [0.2, 0.25) is 0 Å². The minimum absolute atomic E-state index is 0.105. The highest BCUT2D eigenvalue weighted by molar-refractivity contribution is 7.89. The number of halogens is 2.